The van der Waals surface area contributed by atoms with Crippen LogP contribution in [0.3, 0.4) is 0 Å². The Morgan fingerprint density at radius 2 is 1.92 bits per heavy atom. The van der Waals surface area contributed by atoms with Gasteiger partial charge < -0.3 is 16.0 Å². The summed E-state index contributed by atoms with van der Waals surface area (Å²) >= 11 is 1.31. The van der Waals surface area contributed by atoms with Crippen molar-refractivity contribution in [2.75, 3.05) is 27.2 Å². The summed E-state index contributed by atoms with van der Waals surface area (Å²) in [5, 5.41) is 4.88. The molecule has 1 heterocycles. The van der Waals surface area contributed by atoms with Gasteiger partial charge in [0.15, 0.2) is 0 Å². The number of hydrogen-bond acceptors (Lipinski definition) is 4. The molecule has 0 saturated heterocycles. The van der Waals surface area contributed by atoms with Crippen LogP contribution in [0.5, 0.6) is 0 Å². The van der Waals surface area contributed by atoms with Crippen LogP contribution >= 0.6 is 11.3 Å². The number of nitrogens with zero attached hydrogens (tertiary/aromatic N) is 1. The van der Waals surface area contributed by atoms with Gasteiger partial charge in [-0.2, -0.15) is 0 Å². The number of nitrogens with two attached hydrogens (primary N) is 1. The average Bonchev–Trinajstić information content (AvgIpc) is 3.02. The summed E-state index contributed by atoms with van der Waals surface area (Å²) in [7, 11) is 4.04. The molecule has 0 radical (unpaired) electrons. The normalized spacial score (nSPS) is 11.6. The summed E-state index contributed by atoms with van der Waals surface area (Å²) in [5.41, 5.74) is 7.67. The first kappa shape index (κ1) is 19.1. The quantitative estimate of drug-likeness (QED) is 0.798. The van der Waals surface area contributed by atoms with Gasteiger partial charge in [0.25, 0.3) is 11.8 Å². The highest BCUT2D eigenvalue weighted by molar-refractivity contribution is 7.12. The number of benzene rings is 1. The number of hydrogen-bond donors (Lipinski definition) is 2. The second kappa shape index (κ2) is 7.80. The predicted molar refractivity (Wildman–Crippen MR) is 103 cm³/mol. The summed E-state index contributed by atoms with van der Waals surface area (Å²) in [5.74, 6) is -0.535. The van der Waals surface area contributed by atoms with Gasteiger partial charge in [-0.15, -0.1) is 11.3 Å². The molecule has 0 aliphatic heterocycles. The average molecular weight is 359 g/mol. The molecule has 134 valence electrons. The monoisotopic (exact) mass is 359 g/mol. The highest BCUT2D eigenvalue weighted by atomic mass is 32.1. The van der Waals surface area contributed by atoms with Crippen molar-refractivity contribution < 1.29 is 9.59 Å². The molecule has 0 aliphatic carbocycles. The topological polar surface area (TPSA) is 75.4 Å². The van der Waals surface area contributed by atoms with Gasteiger partial charge in [-0.3, -0.25) is 9.59 Å². The number of nitrogens with one attached hydrogen (secondary N) is 1. The minimum absolute atomic E-state index is 0.0134. The molecular weight excluding hydrogens is 334 g/mol. The molecule has 3 N–H and O–H groups in total. The van der Waals surface area contributed by atoms with Crippen LogP contribution in [0.25, 0.3) is 11.1 Å². The Hall–Kier alpha value is -2.18. The molecule has 5 nitrogen and oxygen atoms in total. The fraction of sp³-hybridized carbons (Fsp3) is 0.368. The summed E-state index contributed by atoms with van der Waals surface area (Å²) in [6.45, 7) is 5.73. The molecule has 0 unspecified atom stereocenters. The lowest BCUT2D eigenvalue weighted by Crippen LogP contribution is -2.39. The molecule has 2 aromatic rings. The summed E-state index contributed by atoms with van der Waals surface area (Å²) < 4.78 is 0. The van der Waals surface area contributed by atoms with Gasteiger partial charge in [0, 0.05) is 18.7 Å². The molecule has 0 aliphatic rings. The molecule has 0 saturated carbocycles. The van der Waals surface area contributed by atoms with Gasteiger partial charge in [-0.25, -0.2) is 0 Å². The first-order chi connectivity index (χ1) is 11.7. The maximum Gasteiger partial charge on any atom is 0.258 e. The van der Waals surface area contributed by atoms with Gasteiger partial charge in [0.2, 0.25) is 0 Å². The standard InChI is InChI=1S/C19H25N3O2S/c1-19(2,12-22(3)4)11-21-18(24)14-7-5-6-13(8-14)15-9-16(17(20)23)25-10-15/h5-10H,11-12H2,1-4H3,(H2,20,23)(H,21,24). The van der Waals surface area contributed by atoms with E-state index >= 15 is 0 Å². The van der Waals surface area contributed by atoms with Crippen molar-refractivity contribution in [2.45, 2.75) is 13.8 Å². The second-order valence-corrected chi connectivity index (χ2v) is 8.14. The van der Waals surface area contributed by atoms with Gasteiger partial charge in [0.05, 0.1) is 4.88 Å². The fourth-order valence-electron chi connectivity index (χ4n) is 2.79. The number of primary amides is 1. The first-order valence-corrected chi connectivity index (χ1v) is 8.98. The molecule has 1 aromatic heterocycles. The largest absolute Gasteiger partial charge is 0.365 e. The Kier molecular flexibility index (Phi) is 5.98. The number of rotatable bonds is 7. The van der Waals surface area contributed by atoms with E-state index < -0.39 is 5.91 Å². The van der Waals surface area contributed by atoms with Crippen molar-refractivity contribution in [3.05, 3.63) is 46.2 Å². The molecule has 1 aromatic carbocycles. The van der Waals surface area contributed by atoms with Crippen LogP contribution < -0.4 is 11.1 Å². The zero-order chi connectivity index (χ0) is 18.6. The van der Waals surface area contributed by atoms with Gasteiger partial charge in [-0.05, 0) is 54.2 Å². The van der Waals surface area contributed by atoms with Crippen molar-refractivity contribution in [3.8, 4) is 11.1 Å². The third-order valence-corrected chi connectivity index (χ3v) is 4.72. The van der Waals surface area contributed by atoms with E-state index in [0.29, 0.717) is 17.0 Å². The molecule has 2 rings (SSSR count). The van der Waals surface area contributed by atoms with Crippen LogP contribution in [-0.4, -0.2) is 43.9 Å². The van der Waals surface area contributed by atoms with Gasteiger partial charge in [-0.1, -0.05) is 26.0 Å². The molecular formula is C19H25N3O2S. The Morgan fingerprint density at radius 1 is 1.20 bits per heavy atom. The molecule has 0 bridgehead atoms. The van der Waals surface area contributed by atoms with Crippen molar-refractivity contribution in [1.29, 1.82) is 0 Å². The SMILES string of the molecule is CN(C)CC(C)(C)CNC(=O)c1cccc(-c2csc(C(N)=O)c2)c1. The minimum Gasteiger partial charge on any atom is -0.365 e. The Bertz CT molecular complexity index is 766. The van der Waals surface area contributed by atoms with Crippen molar-refractivity contribution in [3.63, 3.8) is 0 Å². The van der Waals surface area contributed by atoms with Gasteiger partial charge in [0.1, 0.15) is 0 Å². The highest BCUT2D eigenvalue weighted by Crippen LogP contribution is 2.26. The summed E-state index contributed by atoms with van der Waals surface area (Å²) in [6, 6.07) is 9.14. The van der Waals surface area contributed by atoms with E-state index in [9.17, 15) is 9.59 Å². The predicted octanol–water partition coefficient (Wildman–Crippen LogP) is 2.83. The molecule has 0 atom stereocenters. The molecule has 0 spiro atoms. The van der Waals surface area contributed by atoms with Crippen LogP contribution in [0.1, 0.15) is 33.9 Å². The number of carbonyl (C=O) groups excluding carboxylic acids is 2. The van der Waals surface area contributed by atoms with E-state index in [1.54, 1.807) is 12.1 Å². The Labute approximate surface area is 152 Å². The lowest BCUT2D eigenvalue weighted by Gasteiger charge is -2.28. The fourth-order valence-corrected chi connectivity index (χ4v) is 3.56. The first-order valence-electron chi connectivity index (χ1n) is 8.10. The van der Waals surface area contributed by atoms with Crippen molar-refractivity contribution >= 4 is 23.2 Å². The van der Waals surface area contributed by atoms with Crippen LogP contribution in [0.15, 0.2) is 35.7 Å². The third-order valence-electron chi connectivity index (χ3n) is 3.77. The van der Waals surface area contributed by atoms with Crippen LogP contribution in [-0.2, 0) is 0 Å². The lowest BCUT2D eigenvalue weighted by atomic mass is 9.93. The number of carbonyl (C=O) groups is 2. The van der Waals surface area contributed by atoms with Crippen LogP contribution in [0, 0.1) is 5.41 Å². The van der Waals surface area contributed by atoms with Gasteiger partial charge >= 0.3 is 0 Å². The van der Waals surface area contributed by atoms with E-state index in [-0.39, 0.29) is 11.3 Å². The lowest BCUT2D eigenvalue weighted by molar-refractivity contribution is 0.0928. The van der Waals surface area contributed by atoms with E-state index in [1.165, 1.54) is 11.3 Å². The van der Waals surface area contributed by atoms with E-state index in [2.05, 4.69) is 24.1 Å². The second-order valence-electron chi connectivity index (χ2n) is 7.23. The maximum absolute atomic E-state index is 12.5. The van der Waals surface area contributed by atoms with Crippen LogP contribution in [0.4, 0.5) is 0 Å². The highest BCUT2D eigenvalue weighted by Gasteiger charge is 2.20. The molecule has 0 fully saturated rings. The van der Waals surface area contributed by atoms with E-state index in [0.717, 1.165) is 17.7 Å². The van der Waals surface area contributed by atoms with E-state index in [1.807, 2.05) is 37.7 Å². The number of amides is 2. The Morgan fingerprint density at radius 3 is 2.52 bits per heavy atom. The summed E-state index contributed by atoms with van der Waals surface area (Å²) in [4.78, 5) is 26.3. The van der Waals surface area contributed by atoms with Crippen molar-refractivity contribution in [1.82, 2.24) is 10.2 Å². The molecule has 2 amide bonds. The number of thiophene rings is 1. The van der Waals surface area contributed by atoms with E-state index in [4.69, 9.17) is 5.73 Å². The van der Waals surface area contributed by atoms with Crippen molar-refractivity contribution in [2.24, 2.45) is 11.1 Å². The maximum atomic E-state index is 12.5. The smallest absolute Gasteiger partial charge is 0.258 e. The third kappa shape index (κ3) is 5.41. The molecule has 25 heavy (non-hydrogen) atoms. The zero-order valence-corrected chi connectivity index (χ0v) is 15.9. The van der Waals surface area contributed by atoms with Crippen LogP contribution in [0.2, 0.25) is 0 Å². The Balaban J connectivity index is 2.09. The summed E-state index contributed by atoms with van der Waals surface area (Å²) in [6.07, 6.45) is 0. The minimum atomic E-state index is -0.437. The zero-order valence-electron chi connectivity index (χ0n) is 15.1. The molecule has 6 heteroatoms.